The first kappa shape index (κ1) is 9.93. The molecule has 0 aromatic rings. The fourth-order valence-electron chi connectivity index (χ4n) is 1.84. The molecule has 4 atom stereocenters. The maximum absolute atomic E-state index is 11.4. The molecule has 2 aliphatic rings. The van der Waals surface area contributed by atoms with Gasteiger partial charge in [-0.05, 0) is 6.42 Å². The number of carbonyl (C=O) groups excluding carboxylic acids is 1. The van der Waals surface area contributed by atoms with Crippen molar-refractivity contribution >= 4 is 37.8 Å². The molecule has 1 saturated heterocycles. The van der Waals surface area contributed by atoms with E-state index in [0.29, 0.717) is 11.2 Å². The summed E-state index contributed by atoms with van der Waals surface area (Å²) in [7, 11) is 1.40. The quantitative estimate of drug-likeness (QED) is 0.419. The lowest BCUT2D eigenvalue weighted by atomic mass is 9.89. The van der Waals surface area contributed by atoms with E-state index >= 15 is 0 Å². The van der Waals surface area contributed by atoms with Crippen LogP contribution in [0.5, 0.6) is 0 Å². The number of alkyl halides is 2. The monoisotopic (exact) mass is 312 g/mol. The Labute approximate surface area is 93.4 Å². The highest BCUT2D eigenvalue weighted by Crippen LogP contribution is 2.51. The van der Waals surface area contributed by atoms with E-state index in [9.17, 15) is 4.79 Å². The summed E-state index contributed by atoms with van der Waals surface area (Å²) in [4.78, 5) is 12.1. The number of methoxy groups -OCH3 is 1. The minimum atomic E-state index is -0.632. The molecule has 0 spiro atoms. The first-order chi connectivity index (χ1) is 6.10. The molecule has 3 nitrogen and oxygen atoms in total. The van der Waals surface area contributed by atoms with Crippen LogP contribution in [0.1, 0.15) is 12.8 Å². The van der Waals surface area contributed by atoms with Crippen molar-refractivity contribution in [1.29, 1.82) is 0 Å². The van der Waals surface area contributed by atoms with Gasteiger partial charge >= 0.3 is 5.97 Å². The molecule has 1 saturated carbocycles. The van der Waals surface area contributed by atoms with Gasteiger partial charge in [-0.2, -0.15) is 0 Å². The smallest absolute Gasteiger partial charge is 0.340 e. The lowest BCUT2D eigenvalue weighted by Crippen LogP contribution is -2.39. The highest BCUT2D eigenvalue weighted by Gasteiger charge is 2.67. The third-order valence-corrected chi connectivity index (χ3v) is 5.36. The number of ether oxygens (including phenoxy) is 2. The molecule has 5 heteroatoms. The predicted molar refractivity (Wildman–Crippen MR) is 54.3 cm³/mol. The minimum absolute atomic E-state index is 0.0538. The molecule has 0 radical (unpaired) electrons. The molecule has 2 rings (SSSR count). The van der Waals surface area contributed by atoms with E-state index in [1.165, 1.54) is 7.11 Å². The van der Waals surface area contributed by atoms with Crippen LogP contribution in [0.25, 0.3) is 0 Å². The summed E-state index contributed by atoms with van der Waals surface area (Å²) in [6, 6.07) is 0. The standard InChI is InChI=1S/C8H10Br2O3/c1-12-7(11)8-3-5(10)4(9)2-6(8)13-8/h4-6H,2-3H2,1H3. The Hall–Kier alpha value is 0.390. The third-order valence-electron chi connectivity index (χ3n) is 2.68. The van der Waals surface area contributed by atoms with Crippen LogP contribution in [-0.2, 0) is 14.3 Å². The van der Waals surface area contributed by atoms with Crippen molar-refractivity contribution in [2.75, 3.05) is 7.11 Å². The zero-order valence-electron chi connectivity index (χ0n) is 7.13. The van der Waals surface area contributed by atoms with Crippen molar-refractivity contribution in [3.8, 4) is 0 Å². The van der Waals surface area contributed by atoms with Crippen LogP contribution < -0.4 is 0 Å². The van der Waals surface area contributed by atoms with E-state index in [0.717, 1.165) is 6.42 Å². The topological polar surface area (TPSA) is 38.8 Å². The molecule has 1 heterocycles. The van der Waals surface area contributed by atoms with Crippen molar-refractivity contribution in [2.24, 2.45) is 0 Å². The molecule has 1 aliphatic carbocycles. The van der Waals surface area contributed by atoms with Crippen molar-refractivity contribution < 1.29 is 14.3 Å². The molecule has 0 bridgehead atoms. The Kier molecular flexibility index (Phi) is 2.45. The number of epoxide rings is 1. The number of hydrogen-bond acceptors (Lipinski definition) is 3. The molecule has 4 unspecified atom stereocenters. The molecule has 2 fully saturated rings. The normalized spacial score (nSPS) is 48.1. The van der Waals surface area contributed by atoms with Crippen molar-refractivity contribution in [3.63, 3.8) is 0 Å². The fourth-order valence-corrected chi connectivity index (χ4v) is 3.07. The van der Waals surface area contributed by atoms with E-state index < -0.39 is 5.60 Å². The first-order valence-electron chi connectivity index (χ1n) is 4.14. The van der Waals surface area contributed by atoms with E-state index in [4.69, 9.17) is 9.47 Å². The lowest BCUT2D eigenvalue weighted by Gasteiger charge is -2.23. The number of fused-ring (bicyclic) bond motifs is 1. The van der Waals surface area contributed by atoms with E-state index in [-0.39, 0.29) is 16.9 Å². The Balaban J connectivity index is 2.10. The average Bonchev–Trinajstić information content (AvgIpc) is 2.79. The summed E-state index contributed by atoms with van der Waals surface area (Å²) in [6.07, 6.45) is 1.61. The summed E-state index contributed by atoms with van der Waals surface area (Å²) in [6.45, 7) is 0. The Bertz CT molecular complexity index is 246. The van der Waals surface area contributed by atoms with Crippen LogP contribution in [0.2, 0.25) is 0 Å². The second-order valence-electron chi connectivity index (χ2n) is 3.46. The van der Waals surface area contributed by atoms with Gasteiger partial charge in [-0.3, -0.25) is 0 Å². The number of rotatable bonds is 1. The van der Waals surface area contributed by atoms with Gasteiger partial charge in [-0.25, -0.2) is 4.79 Å². The van der Waals surface area contributed by atoms with Gasteiger partial charge in [0, 0.05) is 16.1 Å². The Morgan fingerprint density at radius 1 is 1.54 bits per heavy atom. The van der Waals surface area contributed by atoms with E-state index in [1.54, 1.807) is 0 Å². The van der Waals surface area contributed by atoms with Crippen LogP contribution in [-0.4, -0.2) is 34.4 Å². The summed E-state index contributed by atoms with van der Waals surface area (Å²) in [5.74, 6) is -0.235. The van der Waals surface area contributed by atoms with Crippen molar-refractivity contribution in [3.05, 3.63) is 0 Å². The predicted octanol–water partition coefficient (Wildman–Crippen LogP) is 1.62. The third kappa shape index (κ3) is 1.45. The van der Waals surface area contributed by atoms with Gasteiger partial charge in [0.15, 0.2) is 5.60 Å². The molecular weight excluding hydrogens is 304 g/mol. The average molecular weight is 314 g/mol. The number of carbonyl (C=O) groups is 1. The van der Waals surface area contributed by atoms with Gasteiger partial charge < -0.3 is 9.47 Å². The van der Waals surface area contributed by atoms with Crippen LogP contribution >= 0.6 is 31.9 Å². The van der Waals surface area contributed by atoms with Crippen LogP contribution in [0.15, 0.2) is 0 Å². The lowest BCUT2D eigenvalue weighted by molar-refractivity contribution is -0.147. The summed E-state index contributed by atoms with van der Waals surface area (Å²) >= 11 is 7.06. The molecule has 0 aromatic carbocycles. The van der Waals surface area contributed by atoms with Gasteiger partial charge in [0.25, 0.3) is 0 Å². The van der Waals surface area contributed by atoms with Crippen LogP contribution in [0, 0.1) is 0 Å². The van der Waals surface area contributed by atoms with E-state index in [1.807, 2.05) is 0 Å². The second kappa shape index (κ2) is 3.21. The molecule has 13 heavy (non-hydrogen) atoms. The fraction of sp³-hybridized carbons (Fsp3) is 0.875. The van der Waals surface area contributed by atoms with Gasteiger partial charge in [0.2, 0.25) is 0 Å². The molecule has 1 aliphatic heterocycles. The molecule has 0 aromatic heterocycles. The van der Waals surface area contributed by atoms with Crippen molar-refractivity contribution in [1.82, 2.24) is 0 Å². The van der Waals surface area contributed by atoms with Crippen LogP contribution in [0.3, 0.4) is 0 Å². The summed E-state index contributed by atoms with van der Waals surface area (Å²) in [5.41, 5.74) is -0.632. The van der Waals surface area contributed by atoms with Gasteiger partial charge in [0.05, 0.1) is 7.11 Å². The minimum Gasteiger partial charge on any atom is -0.467 e. The molecule has 0 amide bonds. The number of esters is 1. The van der Waals surface area contributed by atoms with Crippen LogP contribution in [0.4, 0.5) is 0 Å². The Morgan fingerprint density at radius 3 is 2.85 bits per heavy atom. The number of hydrogen-bond donors (Lipinski definition) is 0. The van der Waals surface area contributed by atoms with E-state index in [2.05, 4.69) is 31.9 Å². The Morgan fingerprint density at radius 2 is 2.23 bits per heavy atom. The highest BCUT2D eigenvalue weighted by molar-refractivity contribution is 9.12. The molecule has 0 N–H and O–H groups in total. The van der Waals surface area contributed by atoms with Gasteiger partial charge in [-0.15, -0.1) is 0 Å². The molecular formula is C8H10Br2O3. The van der Waals surface area contributed by atoms with Gasteiger partial charge in [-0.1, -0.05) is 31.9 Å². The van der Waals surface area contributed by atoms with Crippen molar-refractivity contribution in [2.45, 2.75) is 34.2 Å². The summed E-state index contributed by atoms with van der Waals surface area (Å²) < 4.78 is 10.1. The zero-order chi connectivity index (χ0) is 9.64. The summed E-state index contributed by atoms with van der Waals surface area (Å²) in [5, 5.41) is 0. The SMILES string of the molecule is COC(=O)C12CC(Br)C(Br)CC1O2. The maximum Gasteiger partial charge on any atom is 0.340 e. The first-order valence-corrected chi connectivity index (χ1v) is 5.97. The largest absolute Gasteiger partial charge is 0.467 e. The second-order valence-corrected chi connectivity index (χ2v) is 5.81. The zero-order valence-corrected chi connectivity index (χ0v) is 10.3. The number of halogens is 2. The van der Waals surface area contributed by atoms with Gasteiger partial charge in [0.1, 0.15) is 6.10 Å². The maximum atomic E-state index is 11.4. The molecule has 74 valence electrons. The highest BCUT2D eigenvalue weighted by atomic mass is 79.9.